The molecule has 2 nitrogen and oxygen atoms in total. The average molecular weight is 206 g/mol. The molecular weight excluding hydrogens is 191 g/mol. The minimum absolute atomic E-state index is 0.127. The van der Waals surface area contributed by atoms with Gasteiger partial charge in [0.15, 0.2) is 0 Å². The Morgan fingerprint density at radius 1 is 1.27 bits per heavy atom. The van der Waals surface area contributed by atoms with Gasteiger partial charge in [0, 0.05) is 18.6 Å². The van der Waals surface area contributed by atoms with Crippen molar-refractivity contribution >= 4 is 5.69 Å². The summed E-state index contributed by atoms with van der Waals surface area (Å²) in [6.07, 6.45) is 3.54. The van der Waals surface area contributed by atoms with E-state index in [1.807, 2.05) is 6.07 Å². The predicted octanol–water partition coefficient (Wildman–Crippen LogP) is 1.91. The number of nitrogens with one attached hydrogen (secondary N) is 2. The van der Waals surface area contributed by atoms with Gasteiger partial charge < -0.3 is 10.6 Å². The maximum absolute atomic E-state index is 13.4. The van der Waals surface area contributed by atoms with E-state index in [9.17, 15) is 4.39 Å². The third-order valence-corrected chi connectivity index (χ3v) is 3.14. The number of fused-ring (bicyclic) bond motifs is 1. The van der Waals surface area contributed by atoms with Crippen LogP contribution in [-0.4, -0.2) is 18.6 Å². The van der Waals surface area contributed by atoms with Gasteiger partial charge in [-0.3, -0.25) is 0 Å². The maximum Gasteiger partial charge on any atom is 0.146 e. The van der Waals surface area contributed by atoms with Crippen LogP contribution in [0.2, 0.25) is 0 Å². The van der Waals surface area contributed by atoms with E-state index in [0.717, 1.165) is 18.5 Å². The first-order chi connectivity index (χ1) is 7.33. The molecule has 1 aliphatic carbocycles. The lowest BCUT2D eigenvalue weighted by molar-refractivity contribution is 0.509. The normalized spacial score (nSPS) is 24.5. The third-order valence-electron chi connectivity index (χ3n) is 3.14. The first kappa shape index (κ1) is 9.16. The Kier molecular flexibility index (Phi) is 2.13. The molecule has 1 saturated carbocycles. The maximum atomic E-state index is 13.4. The highest BCUT2D eigenvalue weighted by Gasteiger charge is 2.27. The number of para-hydroxylation sites is 1. The number of halogens is 1. The Morgan fingerprint density at radius 2 is 2.13 bits per heavy atom. The van der Waals surface area contributed by atoms with E-state index < -0.39 is 0 Å². The fourth-order valence-electron chi connectivity index (χ4n) is 2.20. The van der Waals surface area contributed by atoms with Crippen LogP contribution in [-0.2, 0) is 6.42 Å². The zero-order valence-corrected chi connectivity index (χ0v) is 8.59. The van der Waals surface area contributed by atoms with E-state index in [2.05, 4.69) is 10.6 Å². The molecule has 80 valence electrons. The monoisotopic (exact) mass is 206 g/mol. The van der Waals surface area contributed by atoms with Crippen LogP contribution in [0.4, 0.5) is 10.1 Å². The van der Waals surface area contributed by atoms with E-state index in [1.54, 1.807) is 6.07 Å². The van der Waals surface area contributed by atoms with E-state index >= 15 is 0 Å². The molecule has 1 aliphatic heterocycles. The zero-order valence-electron chi connectivity index (χ0n) is 8.59. The molecule has 15 heavy (non-hydrogen) atoms. The van der Waals surface area contributed by atoms with Crippen molar-refractivity contribution < 1.29 is 4.39 Å². The Labute approximate surface area is 88.9 Å². The van der Waals surface area contributed by atoms with Gasteiger partial charge >= 0.3 is 0 Å². The molecule has 3 heteroatoms. The largest absolute Gasteiger partial charge is 0.381 e. The van der Waals surface area contributed by atoms with Crippen LogP contribution in [0.25, 0.3) is 0 Å². The summed E-state index contributed by atoms with van der Waals surface area (Å²) in [7, 11) is 0. The summed E-state index contributed by atoms with van der Waals surface area (Å²) in [6, 6.07) is 6.49. The second-order valence-electron chi connectivity index (χ2n) is 4.50. The van der Waals surface area contributed by atoms with Gasteiger partial charge in [-0.1, -0.05) is 12.1 Å². The molecule has 0 spiro atoms. The lowest BCUT2D eigenvalue weighted by atomic mass is 9.99. The van der Waals surface area contributed by atoms with Crippen LogP contribution in [0, 0.1) is 5.82 Å². The lowest BCUT2D eigenvalue weighted by Gasteiger charge is -2.27. The lowest BCUT2D eigenvalue weighted by Crippen LogP contribution is -2.41. The van der Waals surface area contributed by atoms with Crippen molar-refractivity contribution in [3.05, 3.63) is 29.6 Å². The summed E-state index contributed by atoms with van der Waals surface area (Å²) in [4.78, 5) is 0. The fourth-order valence-corrected chi connectivity index (χ4v) is 2.20. The van der Waals surface area contributed by atoms with E-state index in [1.165, 1.54) is 18.9 Å². The van der Waals surface area contributed by atoms with Gasteiger partial charge in [0.2, 0.25) is 0 Å². The number of benzene rings is 1. The van der Waals surface area contributed by atoms with Gasteiger partial charge in [0.05, 0.1) is 5.69 Å². The Bertz CT molecular complexity index is 374. The number of hydrogen-bond acceptors (Lipinski definition) is 2. The van der Waals surface area contributed by atoms with Gasteiger partial charge in [0.1, 0.15) is 5.82 Å². The Morgan fingerprint density at radius 3 is 2.93 bits per heavy atom. The fraction of sp³-hybridized carbons (Fsp3) is 0.500. The molecule has 0 aromatic heterocycles. The molecule has 1 aromatic rings. The highest BCUT2D eigenvalue weighted by molar-refractivity contribution is 5.54. The van der Waals surface area contributed by atoms with Crippen molar-refractivity contribution in [2.45, 2.75) is 31.3 Å². The SMILES string of the molecule is Fc1cccc2c1NCC(NC1CC1)C2. The molecule has 1 unspecified atom stereocenters. The van der Waals surface area contributed by atoms with Crippen molar-refractivity contribution in [3.63, 3.8) is 0 Å². The molecule has 1 heterocycles. The molecule has 1 aromatic carbocycles. The standard InChI is InChI=1S/C12H15FN2/c13-11-3-1-2-8-6-10(7-14-12(8)11)15-9-4-5-9/h1-3,9-10,14-15H,4-7H2. The molecule has 0 radical (unpaired) electrons. The number of anilines is 1. The van der Waals surface area contributed by atoms with Crippen LogP contribution in [0.1, 0.15) is 18.4 Å². The number of rotatable bonds is 2. The quantitative estimate of drug-likeness (QED) is 0.772. The van der Waals surface area contributed by atoms with Crippen LogP contribution in [0.3, 0.4) is 0 Å². The molecule has 0 saturated heterocycles. The second kappa shape index (κ2) is 3.49. The molecule has 2 N–H and O–H groups in total. The predicted molar refractivity (Wildman–Crippen MR) is 58.5 cm³/mol. The summed E-state index contributed by atoms with van der Waals surface area (Å²) in [5.41, 5.74) is 1.80. The van der Waals surface area contributed by atoms with Gasteiger partial charge in [-0.25, -0.2) is 4.39 Å². The molecule has 3 rings (SSSR count). The highest BCUT2D eigenvalue weighted by Crippen LogP contribution is 2.27. The average Bonchev–Trinajstić information content (AvgIpc) is 3.02. The molecule has 2 aliphatic rings. The molecule has 1 atom stereocenters. The van der Waals surface area contributed by atoms with Crippen molar-refractivity contribution in [1.29, 1.82) is 0 Å². The van der Waals surface area contributed by atoms with E-state index in [0.29, 0.717) is 17.8 Å². The van der Waals surface area contributed by atoms with Crippen LogP contribution < -0.4 is 10.6 Å². The van der Waals surface area contributed by atoms with Gasteiger partial charge in [-0.2, -0.15) is 0 Å². The first-order valence-electron chi connectivity index (χ1n) is 5.60. The van der Waals surface area contributed by atoms with Crippen LogP contribution >= 0.6 is 0 Å². The highest BCUT2D eigenvalue weighted by atomic mass is 19.1. The summed E-state index contributed by atoms with van der Waals surface area (Å²) in [6.45, 7) is 0.838. The first-order valence-corrected chi connectivity index (χ1v) is 5.60. The van der Waals surface area contributed by atoms with Crippen molar-refractivity contribution in [3.8, 4) is 0 Å². The van der Waals surface area contributed by atoms with Crippen LogP contribution in [0.15, 0.2) is 18.2 Å². The van der Waals surface area contributed by atoms with E-state index in [-0.39, 0.29) is 5.82 Å². The zero-order chi connectivity index (χ0) is 10.3. The second-order valence-corrected chi connectivity index (χ2v) is 4.50. The third kappa shape index (κ3) is 1.84. The summed E-state index contributed by atoms with van der Waals surface area (Å²) in [5, 5.41) is 6.74. The van der Waals surface area contributed by atoms with E-state index in [4.69, 9.17) is 0 Å². The van der Waals surface area contributed by atoms with Crippen molar-refractivity contribution in [1.82, 2.24) is 5.32 Å². The summed E-state index contributed by atoms with van der Waals surface area (Å²) >= 11 is 0. The topological polar surface area (TPSA) is 24.1 Å². The minimum atomic E-state index is -0.127. The Balaban J connectivity index is 1.77. The van der Waals surface area contributed by atoms with Crippen molar-refractivity contribution in [2.75, 3.05) is 11.9 Å². The van der Waals surface area contributed by atoms with Gasteiger partial charge in [0.25, 0.3) is 0 Å². The van der Waals surface area contributed by atoms with Gasteiger partial charge in [-0.15, -0.1) is 0 Å². The minimum Gasteiger partial charge on any atom is -0.381 e. The summed E-state index contributed by atoms with van der Waals surface area (Å²) in [5.74, 6) is -0.127. The number of hydrogen-bond donors (Lipinski definition) is 2. The smallest absolute Gasteiger partial charge is 0.146 e. The Hall–Kier alpha value is -1.09. The molecule has 0 bridgehead atoms. The molecular formula is C12H15FN2. The van der Waals surface area contributed by atoms with Crippen LogP contribution in [0.5, 0.6) is 0 Å². The van der Waals surface area contributed by atoms with Crippen molar-refractivity contribution in [2.24, 2.45) is 0 Å². The molecule has 0 amide bonds. The molecule has 1 fully saturated rings. The summed E-state index contributed by atoms with van der Waals surface area (Å²) < 4.78 is 13.4. The van der Waals surface area contributed by atoms with Gasteiger partial charge in [-0.05, 0) is 30.9 Å².